The van der Waals surface area contributed by atoms with Gasteiger partial charge >= 0.3 is 6.03 Å². The standard InChI is InChI=1S/C26H27N3O3S/c1-32-23-6-4-3-5-22(23)27-26(31)28-14-17-13-19(16-28)25-21(11-12-24(30)29(25)15-17)18-7-9-20(33-2)10-8-18/h3-12,17,19H,13-16H2,1-2H3,(H,27,31)/t17-,19-/m1/s1. The highest BCUT2D eigenvalue weighted by atomic mass is 32.2. The number of amides is 2. The molecule has 1 N–H and O–H groups in total. The second kappa shape index (κ2) is 8.98. The first kappa shape index (κ1) is 21.6. The van der Waals surface area contributed by atoms with Gasteiger partial charge in [-0.1, -0.05) is 24.3 Å². The largest absolute Gasteiger partial charge is 0.495 e. The third-order valence-corrected chi connectivity index (χ3v) is 7.37. The lowest BCUT2D eigenvalue weighted by Crippen LogP contribution is -2.50. The number of carbonyl (C=O) groups excluding carboxylic acids is 1. The Morgan fingerprint density at radius 3 is 2.58 bits per heavy atom. The number of hydrogen-bond donors (Lipinski definition) is 1. The number of nitrogens with one attached hydrogen (secondary N) is 1. The Hall–Kier alpha value is -3.19. The summed E-state index contributed by atoms with van der Waals surface area (Å²) in [6, 6.07) is 19.4. The zero-order valence-corrected chi connectivity index (χ0v) is 19.6. The number of likely N-dealkylation sites (tertiary alicyclic amines) is 1. The Balaban J connectivity index is 1.45. The van der Waals surface area contributed by atoms with Crippen molar-refractivity contribution < 1.29 is 9.53 Å². The summed E-state index contributed by atoms with van der Waals surface area (Å²) >= 11 is 1.71. The van der Waals surface area contributed by atoms with E-state index in [-0.39, 0.29) is 23.4 Å². The molecule has 7 heteroatoms. The maximum Gasteiger partial charge on any atom is 0.321 e. The number of carbonyl (C=O) groups is 1. The van der Waals surface area contributed by atoms with Crippen molar-refractivity contribution in [3.05, 3.63) is 76.7 Å². The van der Waals surface area contributed by atoms with Gasteiger partial charge < -0.3 is 19.5 Å². The van der Waals surface area contributed by atoms with E-state index >= 15 is 0 Å². The van der Waals surface area contributed by atoms with Gasteiger partial charge in [-0.15, -0.1) is 11.8 Å². The van der Waals surface area contributed by atoms with E-state index < -0.39 is 0 Å². The molecule has 1 saturated heterocycles. The van der Waals surface area contributed by atoms with Crippen LogP contribution in [0.25, 0.3) is 11.1 Å². The summed E-state index contributed by atoms with van der Waals surface area (Å²) in [5.41, 5.74) is 3.93. The molecule has 5 rings (SSSR count). The molecule has 0 aliphatic carbocycles. The van der Waals surface area contributed by atoms with Crippen molar-refractivity contribution in [2.75, 3.05) is 31.8 Å². The van der Waals surface area contributed by atoms with Crippen molar-refractivity contribution in [1.82, 2.24) is 9.47 Å². The number of aromatic nitrogens is 1. The van der Waals surface area contributed by atoms with Crippen molar-refractivity contribution in [3.63, 3.8) is 0 Å². The number of pyridine rings is 1. The maximum absolute atomic E-state index is 13.2. The number of urea groups is 1. The molecule has 0 saturated carbocycles. The van der Waals surface area contributed by atoms with Crippen molar-refractivity contribution in [3.8, 4) is 16.9 Å². The second-order valence-electron chi connectivity index (χ2n) is 8.64. The van der Waals surface area contributed by atoms with E-state index in [2.05, 4.69) is 35.8 Å². The average molecular weight is 462 g/mol. The number of rotatable bonds is 4. The number of benzene rings is 2. The normalized spacial score (nSPS) is 19.0. The first-order valence-corrected chi connectivity index (χ1v) is 12.4. The minimum Gasteiger partial charge on any atom is -0.495 e. The molecule has 2 aromatic carbocycles. The van der Waals surface area contributed by atoms with Gasteiger partial charge in [0, 0.05) is 47.8 Å². The summed E-state index contributed by atoms with van der Waals surface area (Å²) in [5, 5.41) is 3.01. The minimum absolute atomic E-state index is 0.0381. The van der Waals surface area contributed by atoms with Gasteiger partial charge in [0.05, 0.1) is 12.8 Å². The second-order valence-corrected chi connectivity index (χ2v) is 9.52. The van der Waals surface area contributed by atoms with Gasteiger partial charge in [0.15, 0.2) is 0 Å². The van der Waals surface area contributed by atoms with Crippen LogP contribution in [-0.2, 0) is 6.54 Å². The number of piperidine rings is 1. The van der Waals surface area contributed by atoms with Gasteiger partial charge in [-0.3, -0.25) is 4.79 Å². The van der Waals surface area contributed by atoms with Gasteiger partial charge in [0.25, 0.3) is 5.56 Å². The highest BCUT2D eigenvalue weighted by molar-refractivity contribution is 7.98. The van der Waals surface area contributed by atoms with Crippen LogP contribution in [0.5, 0.6) is 5.75 Å². The Labute approximate surface area is 197 Å². The number of hydrogen-bond acceptors (Lipinski definition) is 4. The maximum atomic E-state index is 13.2. The summed E-state index contributed by atoms with van der Waals surface area (Å²) in [7, 11) is 1.60. The summed E-state index contributed by atoms with van der Waals surface area (Å²) in [6.45, 7) is 1.85. The lowest BCUT2D eigenvalue weighted by Gasteiger charge is -2.43. The Morgan fingerprint density at radius 1 is 1.03 bits per heavy atom. The van der Waals surface area contributed by atoms with Gasteiger partial charge in [-0.25, -0.2) is 4.79 Å². The monoisotopic (exact) mass is 461 g/mol. The van der Waals surface area contributed by atoms with Gasteiger partial charge in [0.2, 0.25) is 0 Å². The molecular formula is C26H27N3O3S. The molecule has 2 aliphatic heterocycles. The van der Waals surface area contributed by atoms with Gasteiger partial charge in [-0.05, 0) is 54.5 Å². The molecule has 2 atom stereocenters. The predicted octanol–water partition coefficient (Wildman–Crippen LogP) is 4.90. The Bertz CT molecular complexity index is 1240. The molecule has 0 radical (unpaired) electrons. The third-order valence-electron chi connectivity index (χ3n) is 6.63. The fraction of sp³-hybridized carbons (Fsp3) is 0.308. The average Bonchev–Trinajstić information content (AvgIpc) is 2.85. The smallest absolute Gasteiger partial charge is 0.321 e. The van der Waals surface area contributed by atoms with Crippen LogP contribution in [0.15, 0.2) is 70.4 Å². The van der Waals surface area contributed by atoms with E-state index in [1.165, 1.54) is 4.90 Å². The highest BCUT2D eigenvalue weighted by Crippen LogP contribution is 2.40. The topological polar surface area (TPSA) is 63.6 Å². The van der Waals surface area contributed by atoms with E-state index in [4.69, 9.17) is 4.74 Å². The highest BCUT2D eigenvalue weighted by Gasteiger charge is 2.38. The Kier molecular flexibility index (Phi) is 5.89. The first-order valence-electron chi connectivity index (χ1n) is 11.1. The van der Waals surface area contributed by atoms with Crippen molar-refractivity contribution >= 4 is 23.5 Å². The fourth-order valence-corrected chi connectivity index (χ4v) is 5.55. The molecule has 3 aromatic rings. The van der Waals surface area contributed by atoms with Crippen molar-refractivity contribution in [2.24, 2.45) is 5.92 Å². The lowest BCUT2D eigenvalue weighted by atomic mass is 9.80. The minimum atomic E-state index is -0.133. The van der Waals surface area contributed by atoms with E-state index in [0.29, 0.717) is 31.1 Å². The molecule has 2 amide bonds. The summed E-state index contributed by atoms with van der Waals surface area (Å²) in [6.07, 6.45) is 3.05. The molecular weight excluding hydrogens is 434 g/mol. The molecule has 3 heterocycles. The van der Waals surface area contributed by atoms with Gasteiger partial charge in [-0.2, -0.15) is 0 Å². The summed E-state index contributed by atoms with van der Waals surface area (Å²) in [4.78, 5) is 29.0. The van der Waals surface area contributed by atoms with Crippen molar-refractivity contribution in [1.29, 1.82) is 0 Å². The van der Waals surface area contributed by atoms with Crippen LogP contribution in [0, 0.1) is 5.92 Å². The van der Waals surface area contributed by atoms with Crippen LogP contribution < -0.4 is 15.6 Å². The predicted molar refractivity (Wildman–Crippen MR) is 132 cm³/mol. The number of fused-ring (bicyclic) bond motifs is 4. The van der Waals surface area contributed by atoms with E-state index in [9.17, 15) is 9.59 Å². The van der Waals surface area contributed by atoms with Crippen LogP contribution in [0.3, 0.4) is 0 Å². The quantitative estimate of drug-likeness (QED) is 0.562. The third kappa shape index (κ3) is 4.13. The molecule has 2 aliphatic rings. The Morgan fingerprint density at radius 2 is 1.82 bits per heavy atom. The van der Waals surface area contributed by atoms with E-state index in [1.807, 2.05) is 39.8 Å². The van der Waals surface area contributed by atoms with Crippen molar-refractivity contribution in [2.45, 2.75) is 23.8 Å². The summed E-state index contributed by atoms with van der Waals surface area (Å²) in [5.74, 6) is 1.01. The number of ether oxygens (including phenoxy) is 1. The fourth-order valence-electron chi connectivity index (χ4n) is 5.14. The number of thioether (sulfide) groups is 1. The van der Waals surface area contributed by atoms with E-state index in [1.54, 1.807) is 24.9 Å². The van der Waals surface area contributed by atoms with Crippen LogP contribution >= 0.6 is 11.8 Å². The molecule has 33 heavy (non-hydrogen) atoms. The zero-order chi connectivity index (χ0) is 22.9. The molecule has 2 bridgehead atoms. The van der Waals surface area contributed by atoms with Crippen LogP contribution in [0.4, 0.5) is 10.5 Å². The molecule has 1 aromatic heterocycles. The number of para-hydroxylation sites is 2. The zero-order valence-electron chi connectivity index (χ0n) is 18.8. The van der Waals surface area contributed by atoms with Crippen LogP contribution in [-0.4, -0.2) is 42.0 Å². The number of methoxy groups -OCH3 is 1. The van der Waals surface area contributed by atoms with Gasteiger partial charge in [0.1, 0.15) is 5.75 Å². The number of anilines is 1. The SMILES string of the molecule is COc1ccccc1NC(=O)N1C[C@H]2C[C@H](C1)c1c(-c3ccc(SC)cc3)ccc(=O)n1C2. The van der Waals surface area contributed by atoms with Crippen LogP contribution in [0.2, 0.25) is 0 Å². The molecule has 170 valence electrons. The first-order chi connectivity index (χ1) is 16.1. The molecule has 1 fully saturated rings. The van der Waals surface area contributed by atoms with Crippen LogP contribution in [0.1, 0.15) is 18.0 Å². The lowest BCUT2D eigenvalue weighted by molar-refractivity contribution is 0.140. The molecule has 0 spiro atoms. The van der Waals surface area contributed by atoms with E-state index in [0.717, 1.165) is 23.2 Å². The molecule has 0 unspecified atom stereocenters. The number of nitrogens with zero attached hydrogens (tertiary/aromatic N) is 2. The molecule has 6 nitrogen and oxygen atoms in total. The summed E-state index contributed by atoms with van der Waals surface area (Å²) < 4.78 is 7.31.